The molecule has 0 N–H and O–H groups in total. The van der Waals surface area contributed by atoms with Gasteiger partial charge in [0.1, 0.15) is 0 Å². The number of aromatic nitrogens is 4. The first-order valence-electron chi connectivity index (χ1n) is 7.56. The third kappa shape index (κ3) is 3.77. The van der Waals surface area contributed by atoms with Crippen molar-refractivity contribution in [3.63, 3.8) is 0 Å². The lowest BCUT2D eigenvalue weighted by Gasteiger charge is -2.12. The van der Waals surface area contributed by atoms with Gasteiger partial charge in [-0.3, -0.25) is 9.48 Å². The maximum atomic E-state index is 12.5. The summed E-state index contributed by atoms with van der Waals surface area (Å²) in [6, 6.07) is 3.36. The van der Waals surface area contributed by atoms with Crippen molar-refractivity contribution in [2.45, 2.75) is 19.6 Å². The van der Waals surface area contributed by atoms with E-state index in [9.17, 15) is 18.0 Å². The lowest BCUT2D eigenvalue weighted by atomic mass is 10.3. The summed E-state index contributed by atoms with van der Waals surface area (Å²) in [6.07, 6.45) is -1.56. The van der Waals surface area contributed by atoms with Crippen LogP contribution in [0.4, 0.5) is 13.2 Å². The van der Waals surface area contributed by atoms with E-state index >= 15 is 0 Å². The van der Waals surface area contributed by atoms with Gasteiger partial charge < -0.3 is 9.42 Å². The minimum Gasteiger partial charge on any atom is -0.342 e. The molecule has 3 aromatic rings. The van der Waals surface area contributed by atoms with E-state index in [4.69, 9.17) is 0 Å². The van der Waals surface area contributed by atoms with Gasteiger partial charge in [-0.05, 0) is 19.1 Å². The summed E-state index contributed by atoms with van der Waals surface area (Å²) in [7, 11) is 1.70. The highest BCUT2D eigenvalue weighted by Crippen LogP contribution is 2.31. The van der Waals surface area contributed by atoms with Gasteiger partial charge in [0.2, 0.25) is 5.82 Å². The highest BCUT2D eigenvalue weighted by Gasteiger charge is 2.38. The van der Waals surface area contributed by atoms with Crippen LogP contribution in [0.1, 0.15) is 28.0 Å². The molecular formula is C15H14F3N5O2S. The van der Waals surface area contributed by atoms with E-state index in [2.05, 4.69) is 19.8 Å². The molecule has 0 bridgehead atoms. The van der Waals surface area contributed by atoms with Crippen LogP contribution in [0, 0.1) is 0 Å². The van der Waals surface area contributed by atoms with E-state index in [1.165, 1.54) is 17.5 Å². The SMILES string of the molecule is CCN(C)C(=O)c1cnn(Cc2ccc(-c3noc(C(F)(F)F)n3)s2)c1. The van der Waals surface area contributed by atoms with Gasteiger partial charge >= 0.3 is 12.1 Å². The third-order valence-corrected chi connectivity index (χ3v) is 4.64. The van der Waals surface area contributed by atoms with Crippen molar-refractivity contribution in [3.05, 3.63) is 40.9 Å². The molecule has 0 atom stereocenters. The fourth-order valence-corrected chi connectivity index (χ4v) is 3.03. The molecule has 138 valence electrons. The van der Waals surface area contributed by atoms with E-state index in [0.29, 0.717) is 23.5 Å². The fraction of sp³-hybridized carbons (Fsp3) is 0.333. The highest BCUT2D eigenvalue weighted by molar-refractivity contribution is 7.15. The molecule has 11 heteroatoms. The van der Waals surface area contributed by atoms with Crippen LogP contribution < -0.4 is 0 Å². The molecule has 3 aromatic heterocycles. The van der Waals surface area contributed by atoms with Crippen molar-refractivity contribution >= 4 is 17.2 Å². The van der Waals surface area contributed by atoms with E-state index in [-0.39, 0.29) is 11.7 Å². The van der Waals surface area contributed by atoms with E-state index < -0.39 is 12.1 Å². The van der Waals surface area contributed by atoms with Crippen molar-refractivity contribution in [1.82, 2.24) is 24.8 Å². The Labute approximate surface area is 150 Å². The average molecular weight is 385 g/mol. The Kier molecular flexibility index (Phi) is 4.81. The van der Waals surface area contributed by atoms with Gasteiger partial charge in [0.15, 0.2) is 0 Å². The number of rotatable bonds is 5. The second kappa shape index (κ2) is 6.90. The van der Waals surface area contributed by atoms with Crippen LogP contribution in [-0.2, 0) is 12.7 Å². The average Bonchev–Trinajstić information content (AvgIpc) is 3.32. The molecule has 26 heavy (non-hydrogen) atoms. The van der Waals surface area contributed by atoms with Crippen LogP contribution in [0.25, 0.3) is 10.7 Å². The third-order valence-electron chi connectivity index (χ3n) is 3.57. The Morgan fingerprint density at radius 3 is 2.81 bits per heavy atom. The minimum atomic E-state index is -4.67. The summed E-state index contributed by atoms with van der Waals surface area (Å²) in [5.41, 5.74) is 0.471. The Bertz CT molecular complexity index is 914. The smallest absolute Gasteiger partial charge is 0.342 e. The minimum absolute atomic E-state index is 0.116. The van der Waals surface area contributed by atoms with E-state index in [0.717, 1.165) is 4.88 Å². The normalized spacial score (nSPS) is 11.7. The van der Waals surface area contributed by atoms with Crippen LogP contribution in [0.3, 0.4) is 0 Å². The molecule has 0 aliphatic carbocycles. The molecule has 0 aromatic carbocycles. The number of amides is 1. The first-order chi connectivity index (χ1) is 12.3. The van der Waals surface area contributed by atoms with Crippen molar-refractivity contribution < 1.29 is 22.5 Å². The Morgan fingerprint density at radius 2 is 2.15 bits per heavy atom. The van der Waals surface area contributed by atoms with Gasteiger partial charge in [0, 0.05) is 24.7 Å². The molecule has 0 spiro atoms. The van der Waals surface area contributed by atoms with Crippen molar-refractivity contribution in [1.29, 1.82) is 0 Å². The van der Waals surface area contributed by atoms with Gasteiger partial charge in [-0.2, -0.15) is 23.3 Å². The number of nitrogens with zero attached hydrogens (tertiary/aromatic N) is 5. The van der Waals surface area contributed by atoms with E-state index in [1.54, 1.807) is 35.0 Å². The standard InChI is InChI=1S/C15H14F3N5O2S/c1-3-22(2)13(24)9-6-19-23(7-9)8-10-4-5-11(26-10)12-20-14(25-21-12)15(16,17)18/h4-7H,3,8H2,1-2H3. The zero-order valence-corrected chi connectivity index (χ0v) is 14.6. The quantitative estimate of drug-likeness (QED) is 0.674. The van der Waals surface area contributed by atoms with Gasteiger partial charge in [-0.15, -0.1) is 11.3 Å². The number of thiophene rings is 1. The predicted octanol–water partition coefficient (Wildman–Crippen LogP) is 3.15. The zero-order chi connectivity index (χ0) is 18.9. The number of carbonyl (C=O) groups excluding carboxylic acids is 1. The lowest BCUT2D eigenvalue weighted by molar-refractivity contribution is -0.159. The molecule has 3 rings (SSSR count). The fourth-order valence-electron chi connectivity index (χ4n) is 2.11. The van der Waals surface area contributed by atoms with Crippen LogP contribution in [0.5, 0.6) is 0 Å². The molecule has 0 radical (unpaired) electrons. The maximum absolute atomic E-state index is 12.5. The van der Waals surface area contributed by atoms with Gasteiger partial charge in [0.25, 0.3) is 5.91 Å². The number of carbonyl (C=O) groups is 1. The van der Waals surface area contributed by atoms with Crippen LogP contribution in [0.15, 0.2) is 29.0 Å². The van der Waals surface area contributed by atoms with Crippen molar-refractivity contribution in [2.75, 3.05) is 13.6 Å². The molecule has 0 unspecified atom stereocenters. The van der Waals surface area contributed by atoms with Crippen LogP contribution in [-0.4, -0.2) is 44.3 Å². The monoisotopic (exact) mass is 385 g/mol. The van der Waals surface area contributed by atoms with E-state index in [1.807, 2.05) is 6.92 Å². The summed E-state index contributed by atoms with van der Waals surface area (Å²) >= 11 is 1.22. The summed E-state index contributed by atoms with van der Waals surface area (Å²) in [6.45, 7) is 2.83. The van der Waals surface area contributed by atoms with Crippen LogP contribution in [0.2, 0.25) is 0 Å². The second-order valence-electron chi connectivity index (χ2n) is 5.43. The van der Waals surface area contributed by atoms with Crippen molar-refractivity contribution in [3.8, 4) is 10.7 Å². The predicted molar refractivity (Wildman–Crippen MR) is 86.6 cm³/mol. The van der Waals surface area contributed by atoms with Crippen molar-refractivity contribution in [2.24, 2.45) is 0 Å². The Morgan fingerprint density at radius 1 is 1.38 bits per heavy atom. The molecule has 7 nitrogen and oxygen atoms in total. The van der Waals surface area contributed by atoms with Gasteiger partial charge in [0.05, 0.1) is 23.2 Å². The molecule has 0 aliphatic heterocycles. The number of halogens is 3. The Balaban J connectivity index is 1.72. The molecule has 0 aliphatic rings. The number of alkyl halides is 3. The summed E-state index contributed by atoms with van der Waals surface area (Å²) < 4.78 is 43.4. The molecule has 0 saturated heterocycles. The summed E-state index contributed by atoms with van der Waals surface area (Å²) in [5, 5.41) is 7.51. The summed E-state index contributed by atoms with van der Waals surface area (Å²) in [4.78, 5) is 18.3. The first kappa shape index (κ1) is 18.1. The topological polar surface area (TPSA) is 77.0 Å². The molecular weight excluding hydrogens is 371 g/mol. The molecule has 1 amide bonds. The van der Waals surface area contributed by atoms with Gasteiger partial charge in [-0.1, -0.05) is 5.16 Å². The Hall–Kier alpha value is -2.69. The number of hydrogen-bond acceptors (Lipinski definition) is 6. The highest BCUT2D eigenvalue weighted by atomic mass is 32.1. The largest absolute Gasteiger partial charge is 0.471 e. The zero-order valence-electron chi connectivity index (χ0n) is 13.8. The lowest BCUT2D eigenvalue weighted by Crippen LogP contribution is -2.25. The van der Waals surface area contributed by atoms with Crippen LogP contribution >= 0.6 is 11.3 Å². The molecule has 0 fully saturated rings. The second-order valence-corrected chi connectivity index (χ2v) is 6.60. The molecule has 0 saturated carbocycles. The molecule has 3 heterocycles. The summed E-state index contributed by atoms with van der Waals surface area (Å²) in [5.74, 6) is -1.62. The maximum Gasteiger partial charge on any atom is 0.471 e. The van der Waals surface area contributed by atoms with Gasteiger partial charge in [-0.25, -0.2) is 0 Å². The number of hydrogen-bond donors (Lipinski definition) is 0. The first-order valence-corrected chi connectivity index (χ1v) is 8.37.